The lowest BCUT2D eigenvalue weighted by Crippen LogP contribution is -2.41. The van der Waals surface area contributed by atoms with Crippen molar-refractivity contribution in [3.05, 3.63) is 29.8 Å². The van der Waals surface area contributed by atoms with Gasteiger partial charge < -0.3 is 15.2 Å². The van der Waals surface area contributed by atoms with Gasteiger partial charge in [0.05, 0.1) is 13.2 Å². The predicted molar refractivity (Wildman–Crippen MR) is 67.3 cm³/mol. The number of ether oxygens (including phenoxy) is 2. The van der Waals surface area contributed by atoms with Crippen molar-refractivity contribution < 1.29 is 18.3 Å². The normalized spacial score (nSPS) is 18.5. The van der Waals surface area contributed by atoms with Crippen LogP contribution in [0, 0.1) is 0 Å². The van der Waals surface area contributed by atoms with Crippen LogP contribution in [0.15, 0.2) is 24.3 Å². The maximum absolute atomic E-state index is 12.1. The molecule has 1 aliphatic heterocycles. The van der Waals surface area contributed by atoms with Crippen molar-refractivity contribution in [2.75, 3.05) is 32.8 Å². The number of nitrogens with zero attached hydrogens (tertiary/aromatic N) is 1. The van der Waals surface area contributed by atoms with E-state index >= 15 is 0 Å². The van der Waals surface area contributed by atoms with Crippen LogP contribution in [0.4, 0.5) is 8.78 Å². The van der Waals surface area contributed by atoms with E-state index in [-0.39, 0.29) is 11.8 Å². The van der Waals surface area contributed by atoms with Crippen LogP contribution < -0.4 is 10.5 Å². The molecule has 106 valence electrons. The molecule has 0 radical (unpaired) electrons. The molecular weight excluding hydrogens is 254 g/mol. The summed E-state index contributed by atoms with van der Waals surface area (Å²) in [5, 5.41) is 0. The van der Waals surface area contributed by atoms with Crippen LogP contribution >= 0.6 is 0 Å². The lowest BCUT2D eigenvalue weighted by atomic mass is 10.0. The molecule has 0 saturated carbocycles. The molecule has 0 spiro atoms. The molecular formula is C13H18F2N2O2. The van der Waals surface area contributed by atoms with Crippen LogP contribution in [0.2, 0.25) is 0 Å². The molecule has 1 unspecified atom stereocenters. The van der Waals surface area contributed by atoms with Gasteiger partial charge in [-0.05, 0) is 17.7 Å². The third kappa shape index (κ3) is 3.86. The van der Waals surface area contributed by atoms with Gasteiger partial charge in [-0.2, -0.15) is 8.78 Å². The number of hydrogen-bond donors (Lipinski definition) is 1. The van der Waals surface area contributed by atoms with E-state index in [1.54, 1.807) is 24.3 Å². The topological polar surface area (TPSA) is 47.7 Å². The lowest BCUT2D eigenvalue weighted by Gasteiger charge is -2.34. The zero-order valence-electron chi connectivity index (χ0n) is 10.6. The molecule has 1 fully saturated rings. The number of hydrogen-bond acceptors (Lipinski definition) is 4. The first kappa shape index (κ1) is 14.2. The highest BCUT2D eigenvalue weighted by molar-refractivity contribution is 5.29. The summed E-state index contributed by atoms with van der Waals surface area (Å²) in [6.07, 6.45) is 0. The van der Waals surface area contributed by atoms with Gasteiger partial charge in [0, 0.05) is 25.7 Å². The predicted octanol–water partition coefficient (Wildman–Crippen LogP) is 1.62. The Morgan fingerprint density at radius 1 is 1.21 bits per heavy atom. The highest BCUT2D eigenvalue weighted by atomic mass is 19.3. The maximum Gasteiger partial charge on any atom is 0.387 e. The summed E-state index contributed by atoms with van der Waals surface area (Å²) in [5.41, 5.74) is 6.83. The standard InChI is InChI=1S/C13H18F2N2O2/c14-13(15)19-11-3-1-10(2-4-11)12(9-16)17-5-7-18-8-6-17/h1-4,12-13H,5-9,16H2. The van der Waals surface area contributed by atoms with Crippen molar-refractivity contribution in [1.82, 2.24) is 4.90 Å². The maximum atomic E-state index is 12.1. The van der Waals surface area contributed by atoms with Gasteiger partial charge in [0.25, 0.3) is 0 Å². The molecule has 1 saturated heterocycles. The Bertz CT molecular complexity index is 381. The summed E-state index contributed by atoms with van der Waals surface area (Å²) >= 11 is 0. The van der Waals surface area contributed by atoms with E-state index in [0.29, 0.717) is 19.8 Å². The van der Waals surface area contributed by atoms with E-state index in [1.807, 2.05) is 0 Å². The van der Waals surface area contributed by atoms with Gasteiger partial charge in [-0.3, -0.25) is 4.90 Å². The van der Waals surface area contributed by atoms with Gasteiger partial charge in [-0.25, -0.2) is 0 Å². The van der Waals surface area contributed by atoms with Crippen LogP contribution in [-0.2, 0) is 4.74 Å². The number of morpholine rings is 1. The molecule has 0 bridgehead atoms. The molecule has 1 heterocycles. The van der Waals surface area contributed by atoms with Gasteiger partial charge in [0.15, 0.2) is 0 Å². The first-order valence-corrected chi connectivity index (χ1v) is 6.27. The molecule has 19 heavy (non-hydrogen) atoms. The monoisotopic (exact) mass is 272 g/mol. The second-order valence-electron chi connectivity index (χ2n) is 4.35. The summed E-state index contributed by atoms with van der Waals surface area (Å²) in [6.45, 7) is 0.741. The minimum absolute atomic E-state index is 0.0875. The zero-order valence-corrected chi connectivity index (χ0v) is 10.6. The van der Waals surface area contributed by atoms with Crippen molar-refractivity contribution in [1.29, 1.82) is 0 Å². The number of benzene rings is 1. The van der Waals surface area contributed by atoms with Gasteiger partial charge >= 0.3 is 6.61 Å². The van der Waals surface area contributed by atoms with Gasteiger partial charge in [0.1, 0.15) is 5.75 Å². The molecule has 1 aromatic carbocycles. The lowest BCUT2D eigenvalue weighted by molar-refractivity contribution is -0.0498. The second kappa shape index (κ2) is 6.79. The number of rotatable bonds is 5. The Hall–Kier alpha value is -1.24. The van der Waals surface area contributed by atoms with E-state index in [2.05, 4.69) is 9.64 Å². The minimum atomic E-state index is -2.80. The smallest absolute Gasteiger partial charge is 0.387 e. The summed E-state index contributed by atoms with van der Waals surface area (Å²) in [7, 11) is 0. The first-order chi connectivity index (χ1) is 9.20. The molecule has 6 heteroatoms. The van der Waals surface area contributed by atoms with E-state index in [0.717, 1.165) is 18.7 Å². The Balaban J connectivity index is 2.05. The molecule has 0 aromatic heterocycles. The largest absolute Gasteiger partial charge is 0.435 e. The molecule has 1 atom stereocenters. The van der Waals surface area contributed by atoms with Crippen LogP contribution in [0.1, 0.15) is 11.6 Å². The van der Waals surface area contributed by atoms with E-state index in [1.165, 1.54) is 0 Å². The average molecular weight is 272 g/mol. The summed E-state index contributed by atoms with van der Waals surface area (Å²) in [6, 6.07) is 6.74. The Kier molecular flexibility index (Phi) is 5.07. The zero-order chi connectivity index (χ0) is 13.7. The SMILES string of the molecule is NCC(c1ccc(OC(F)F)cc1)N1CCOCC1. The Morgan fingerprint density at radius 3 is 2.37 bits per heavy atom. The van der Waals surface area contributed by atoms with Crippen LogP contribution in [0.5, 0.6) is 5.75 Å². The highest BCUT2D eigenvalue weighted by Gasteiger charge is 2.21. The highest BCUT2D eigenvalue weighted by Crippen LogP contribution is 2.23. The molecule has 2 rings (SSSR count). The fourth-order valence-corrected chi connectivity index (χ4v) is 2.26. The average Bonchev–Trinajstić information content (AvgIpc) is 2.42. The van der Waals surface area contributed by atoms with E-state index < -0.39 is 6.61 Å². The summed E-state index contributed by atoms with van der Waals surface area (Å²) < 4.78 is 33.8. The van der Waals surface area contributed by atoms with Crippen molar-refractivity contribution >= 4 is 0 Å². The van der Waals surface area contributed by atoms with Gasteiger partial charge in [-0.1, -0.05) is 12.1 Å². The quantitative estimate of drug-likeness (QED) is 0.885. The van der Waals surface area contributed by atoms with Crippen molar-refractivity contribution in [3.8, 4) is 5.75 Å². The van der Waals surface area contributed by atoms with Crippen molar-refractivity contribution in [3.63, 3.8) is 0 Å². The fourth-order valence-electron chi connectivity index (χ4n) is 2.26. The van der Waals surface area contributed by atoms with Crippen LogP contribution in [0.3, 0.4) is 0 Å². The summed E-state index contributed by atoms with van der Waals surface area (Å²) in [4.78, 5) is 2.24. The molecule has 4 nitrogen and oxygen atoms in total. The van der Waals surface area contributed by atoms with Crippen LogP contribution in [-0.4, -0.2) is 44.4 Å². The third-order valence-corrected chi connectivity index (χ3v) is 3.20. The molecule has 1 aromatic rings. The van der Waals surface area contributed by atoms with Gasteiger partial charge in [0.2, 0.25) is 0 Å². The number of halogens is 2. The van der Waals surface area contributed by atoms with Crippen LogP contribution in [0.25, 0.3) is 0 Å². The van der Waals surface area contributed by atoms with Crippen molar-refractivity contribution in [2.45, 2.75) is 12.7 Å². The third-order valence-electron chi connectivity index (χ3n) is 3.20. The van der Waals surface area contributed by atoms with Crippen molar-refractivity contribution in [2.24, 2.45) is 5.73 Å². The minimum Gasteiger partial charge on any atom is -0.435 e. The molecule has 1 aliphatic rings. The summed E-state index contributed by atoms with van der Waals surface area (Å²) in [5.74, 6) is 0.163. The van der Waals surface area contributed by atoms with E-state index in [9.17, 15) is 8.78 Å². The first-order valence-electron chi connectivity index (χ1n) is 6.27. The van der Waals surface area contributed by atoms with Gasteiger partial charge in [-0.15, -0.1) is 0 Å². The number of alkyl halides is 2. The molecule has 0 aliphatic carbocycles. The van der Waals surface area contributed by atoms with E-state index in [4.69, 9.17) is 10.5 Å². The molecule has 0 amide bonds. The Labute approximate surface area is 111 Å². The fraction of sp³-hybridized carbons (Fsp3) is 0.538. The number of nitrogens with two attached hydrogens (primary N) is 1. The Morgan fingerprint density at radius 2 is 1.84 bits per heavy atom. The second-order valence-corrected chi connectivity index (χ2v) is 4.35. The molecule has 2 N–H and O–H groups in total.